The Morgan fingerprint density at radius 1 is 1.14 bits per heavy atom. The van der Waals surface area contributed by atoms with E-state index >= 15 is 0 Å². The maximum atomic E-state index is 11.8. The van der Waals surface area contributed by atoms with E-state index in [4.69, 9.17) is 21.1 Å². The number of nitrogens with one attached hydrogen (secondary N) is 1. The lowest BCUT2D eigenvalue weighted by Gasteiger charge is -2.06. The van der Waals surface area contributed by atoms with Gasteiger partial charge in [0, 0.05) is 30.7 Å². The van der Waals surface area contributed by atoms with E-state index in [0.29, 0.717) is 23.7 Å². The molecular formula is C15H18ClNO5. The van der Waals surface area contributed by atoms with Crippen LogP contribution in [0.1, 0.15) is 23.2 Å². The Hall–Kier alpha value is -1.92. The van der Waals surface area contributed by atoms with Crippen molar-refractivity contribution in [2.24, 2.45) is 0 Å². The summed E-state index contributed by atoms with van der Waals surface area (Å²) in [5, 5.41) is 3.05. The summed E-state index contributed by atoms with van der Waals surface area (Å²) in [6.45, 7) is 0.370. The Morgan fingerprint density at radius 3 is 2.45 bits per heavy atom. The van der Waals surface area contributed by atoms with Gasteiger partial charge in [-0.25, -0.2) is 0 Å². The van der Waals surface area contributed by atoms with Crippen molar-refractivity contribution < 1.29 is 23.9 Å². The summed E-state index contributed by atoms with van der Waals surface area (Å²) >= 11 is 5.73. The van der Waals surface area contributed by atoms with Crippen LogP contribution in [0.25, 0.3) is 0 Å². The molecule has 1 rings (SSSR count). The summed E-state index contributed by atoms with van der Waals surface area (Å²) in [6.07, 6.45) is -0.0570. The molecule has 0 saturated carbocycles. The van der Waals surface area contributed by atoms with Gasteiger partial charge in [0.15, 0.2) is 12.4 Å². The van der Waals surface area contributed by atoms with Crippen LogP contribution < -0.4 is 5.32 Å². The quantitative estimate of drug-likeness (QED) is 0.423. The maximum Gasteiger partial charge on any atom is 0.306 e. The van der Waals surface area contributed by atoms with E-state index in [1.54, 1.807) is 24.3 Å². The van der Waals surface area contributed by atoms with Gasteiger partial charge in [0.1, 0.15) is 0 Å². The van der Waals surface area contributed by atoms with Crippen LogP contribution in [0.5, 0.6) is 0 Å². The molecule has 0 bridgehead atoms. The van der Waals surface area contributed by atoms with Crippen LogP contribution in [0.4, 0.5) is 0 Å². The fourth-order valence-corrected chi connectivity index (χ4v) is 1.68. The third-order valence-electron chi connectivity index (χ3n) is 2.71. The van der Waals surface area contributed by atoms with Gasteiger partial charge in [0.25, 0.3) is 5.91 Å². The van der Waals surface area contributed by atoms with Crippen LogP contribution in [0.3, 0.4) is 0 Å². The van der Waals surface area contributed by atoms with Crippen LogP contribution in [0.15, 0.2) is 24.3 Å². The van der Waals surface area contributed by atoms with E-state index in [-0.39, 0.29) is 25.2 Å². The molecule has 1 N–H and O–H groups in total. The molecule has 0 aliphatic carbocycles. The fraction of sp³-hybridized carbons (Fsp3) is 0.400. The van der Waals surface area contributed by atoms with Crippen molar-refractivity contribution in [3.8, 4) is 0 Å². The predicted octanol–water partition coefficient (Wildman–Crippen LogP) is 1.61. The smallest absolute Gasteiger partial charge is 0.306 e. The van der Waals surface area contributed by atoms with Gasteiger partial charge < -0.3 is 14.8 Å². The summed E-state index contributed by atoms with van der Waals surface area (Å²) < 4.78 is 9.54. The van der Waals surface area contributed by atoms with E-state index in [1.165, 1.54) is 7.11 Å². The lowest BCUT2D eigenvalue weighted by molar-refractivity contribution is -0.148. The summed E-state index contributed by atoms with van der Waals surface area (Å²) in [7, 11) is 1.52. The topological polar surface area (TPSA) is 81.7 Å². The zero-order valence-corrected chi connectivity index (χ0v) is 13.0. The number of hydrogen-bond donors (Lipinski definition) is 1. The highest BCUT2D eigenvalue weighted by Crippen LogP contribution is 2.12. The lowest BCUT2D eigenvalue weighted by Crippen LogP contribution is -2.31. The molecule has 0 heterocycles. The summed E-state index contributed by atoms with van der Waals surface area (Å²) in [5.41, 5.74) is 0.481. The van der Waals surface area contributed by atoms with Crippen molar-refractivity contribution in [3.05, 3.63) is 34.9 Å². The molecule has 0 aliphatic rings. The van der Waals surface area contributed by atoms with Crippen molar-refractivity contribution >= 4 is 29.3 Å². The number of Topliss-reactive ketones (excluding diaryl/α,β-unsaturated/α-hetero) is 1. The van der Waals surface area contributed by atoms with Gasteiger partial charge in [-0.3, -0.25) is 14.4 Å². The molecule has 1 amide bonds. The van der Waals surface area contributed by atoms with Crippen molar-refractivity contribution in [2.45, 2.75) is 12.8 Å². The Morgan fingerprint density at radius 2 is 1.82 bits per heavy atom. The number of methoxy groups -OCH3 is 1. The zero-order chi connectivity index (χ0) is 16.4. The molecule has 7 heteroatoms. The van der Waals surface area contributed by atoms with Gasteiger partial charge in [0.2, 0.25) is 0 Å². The normalized spacial score (nSPS) is 10.1. The predicted molar refractivity (Wildman–Crippen MR) is 80.9 cm³/mol. The largest absolute Gasteiger partial charge is 0.456 e. The molecule has 0 radical (unpaired) electrons. The monoisotopic (exact) mass is 327 g/mol. The molecular weight excluding hydrogens is 310 g/mol. The molecule has 0 spiro atoms. The van der Waals surface area contributed by atoms with Gasteiger partial charge in [-0.15, -0.1) is 0 Å². The van der Waals surface area contributed by atoms with E-state index in [1.807, 2.05) is 0 Å². The van der Waals surface area contributed by atoms with E-state index < -0.39 is 11.9 Å². The number of amides is 1. The van der Waals surface area contributed by atoms with Crippen LogP contribution in [-0.4, -0.2) is 44.5 Å². The Bertz CT molecular complexity index is 515. The number of halogens is 1. The average Bonchev–Trinajstić information content (AvgIpc) is 2.51. The molecule has 6 nitrogen and oxygen atoms in total. The third-order valence-corrected chi connectivity index (χ3v) is 2.97. The maximum absolute atomic E-state index is 11.8. The minimum Gasteiger partial charge on any atom is -0.456 e. The standard InChI is InChI=1S/C15H18ClNO5/c1-21-9-8-17-14(19)10-22-15(20)7-6-13(18)11-2-4-12(16)5-3-11/h2-5H,6-10H2,1H3,(H,17,19). The molecule has 0 aliphatic heterocycles. The first-order valence-corrected chi connectivity index (χ1v) is 7.10. The van der Waals surface area contributed by atoms with Crippen LogP contribution in [0, 0.1) is 0 Å². The number of benzene rings is 1. The van der Waals surface area contributed by atoms with Gasteiger partial charge in [-0.2, -0.15) is 0 Å². The number of ether oxygens (including phenoxy) is 2. The SMILES string of the molecule is COCCNC(=O)COC(=O)CCC(=O)c1ccc(Cl)cc1. The van der Waals surface area contributed by atoms with Gasteiger partial charge in [-0.05, 0) is 24.3 Å². The number of carbonyl (C=O) groups is 3. The second-order valence-electron chi connectivity index (χ2n) is 4.43. The molecule has 22 heavy (non-hydrogen) atoms. The number of hydrogen-bond acceptors (Lipinski definition) is 5. The molecule has 1 aromatic rings. The van der Waals surface area contributed by atoms with Crippen molar-refractivity contribution in [1.82, 2.24) is 5.32 Å². The second kappa shape index (κ2) is 9.92. The first-order chi connectivity index (χ1) is 10.5. The Balaban J connectivity index is 2.24. The lowest BCUT2D eigenvalue weighted by atomic mass is 10.1. The van der Waals surface area contributed by atoms with Crippen molar-refractivity contribution in [1.29, 1.82) is 0 Å². The minimum atomic E-state index is -0.593. The van der Waals surface area contributed by atoms with Crippen molar-refractivity contribution in [2.75, 3.05) is 26.9 Å². The molecule has 0 unspecified atom stereocenters. The van der Waals surface area contributed by atoms with E-state index in [9.17, 15) is 14.4 Å². The third kappa shape index (κ3) is 7.19. The first-order valence-electron chi connectivity index (χ1n) is 6.73. The molecule has 120 valence electrons. The zero-order valence-electron chi connectivity index (χ0n) is 12.3. The molecule has 0 atom stereocenters. The van der Waals surface area contributed by atoms with Crippen molar-refractivity contribution in [3.63, 3.8) is 0 Å². The molecule has 0 saturated heterocycles. The summed E-state index contributed by atoms with van der Waals surface area (Å²) in [6, 6.07) is 6.41. The van der Waals surface area contributed by atoms with Crippen LogP contribution in [0.2, 0.25) is 5.02 Å². The number of rotatable bonds is 9. The molecule has 0 fully saturated rings. The number of carbonyl (C=O) groups excluding carboxylic acids is 3. The van der Waals surface area contributed by atoms with E-state index in [0.717, 1.165) is 0 Å². The molecule has 1 aromatic carbocycles. The Kier molecular flexibility index (Phi) is 8.17. The highest BCUT2D eigenvalue weighted by molar-refractivity contribution is 6.30. The highest BCUT2D eigenvalue weighted by Gasteiger charge is 2.11. The molecule has 0 aromatic heterocycles. The van der Waals surface area contributed by atoms with Gasteiger partial charge >= 0.3 is 5.97 Å². The van der Waals surface area contributed by atoms with Gasteiger partial charge in [0.05, 0.1) is 13.0 Å². The number of esters is 1. The van der Waals surface area contributed by atoms with Crippen LogP contribution in [-0.2, 0) is 19.1 Å². The second-order valence-corrected chi connectivity index (χ2v) is 4.87. The summed E-state index contributed by atoms with van der Waals surface area (Å²) in [4.78, 5) is 34.6. The highest BCUT2D eigenvalue weighted by atomic mass is 35.5. The Labute approximate surface area is 133 Å². The first kappa shape index (κ1) is 18.1. The fourth-order valence-electron chi connectivity index (χ4n) is 1.56. The van der Waals surface area contributed by atoms with E-state index in [2.05, 4.69) is 5.32 Å². The van der Waals surface area contributed by atoms with Crippen LogP contribution >= 0.6 is 11.6 Å². The number of ketones is 1. The average molecular weight is 328 g/mol. The minimum absolute atomic E-state index is 0.0196. The summed E-state index contributed by atoms with van der Waals surface area (Å²) in [5.74, 6) is -1.18. The van der Waals surface area contributed by atoms with Gasteiger partial charge in [-0.1, -0.05) is 11.6 Å².